The van der Waals surface area contributed by atoms with Crippen molar-refractivity contribution in [1.82, 2.24) is 4.85 Å². The average molecular weight is 141 g/mol. The molecule has 0 unspecified atom stereocenters. The van der Waals surface area contributed by atoms with E-state index in [0.29, 0.717) is 0 Å². The second-order valence-corrected chi connectivity index (χ2v) is 2.52. The summed E-state index contributed by atoms with van der Waals surface area (Å²) in [6.07, 6.45) is 4.03. The van der Waals surface area contributed by atoms with Crippen molar-refractivity contribution in [3.63, 3.8) is 0 Å². The van der Waals surface area contributed by atoms with Gasteiger partial charge in [0, 0.05) is 10.9 Å². The summed E-state index contributed by atoms with van der Waals surface area (Å²) in [5, 5.41) is 0. The number of rotatable bonds is 2. The molecule has 1 aromatic heterocycles. The van der Waals surface area contributed by atoms with Gasteiger partial charge in [-0.15, -0.1) is 0 Å². The fourth-order valence-corrected chi connectivity index (χ4v) is 0.733. The molecule has 1 aromatic rings. The maximum Gasteiger partial charge on any atom is 0.198 e. The SMILES string of the molecule is CC(C)On1ccc[n+]1C. The summed E-state index contributed by atoms with van der Waals surface area (Å²) in [7, 11) is 1.93. The maximum atomic E-state index is 5.36. The Bertz CT molecular complexity index is 205. The van der Waals surface area contributed by atoms with Gasteiger partial charge in [0.25, 0.3) is 0 Å². The molecule has 0 N–H and O–H groups in total. The number of nitrogens with zero attached hydrogens (tertiary/aromatic N) is 2. The van der Waals surface area contributed by atoms with E-state index in [1.807, 2.05) is 44.0 Å². The average Bonchev–Trinajstić information content (AvgIpc) is 2.15. The van der Waals surface area contributed by atoms with Crippen LogP contribution >= 0.6 is 0 Å². The molecule has 1 heterocycles. The van der Waals surface area contributed by atoms with E-state index in [1.54, 1.807) is 4.85 Å². The van der Waals surface area contributed by atoms with E-state index >= 15 is 0 Å². The van der Waals surface area contributed by atoms with Crippen LogP contribution in [0.1, 0.15) is 13.8 Å². The third-order valence-electron chi connectivity index (χ3n) is 1.15. The first-order chi connectivity index (χ1) is 4.70. The first-order valence-corrected chi connectivity index (χ1v) is 3.40. The van der Waals surface area contributed by atoms with Crippen molar-refractivity contribution in [3.8, 4) is 0 Å². The Balaban J connectivity index is 2.65. The molecule has 0 bridgehead atoms. The van der Waals surface area contributed by atoms with Crippen molar-refractivity contribution < 1.29 is 9.52 Å². The molecule has 0 radical (unpaired) electrons. The summed E-state index contributed by atoms with van der Waals surface area (Å²) in [6.45, 7) is 4.00. The highest BCUT2D eigenvalue weighted by atomic mass is 16.7. The van der Waals surface area contributed by atoms with Crippen LogP contribution in [0.3, 0.4) is 0 Å². The Labute approximate surface area is 60.8 Å². The van der Waals surface area contributed by atoms with Gasteiger partial charge in [-0.1, -0.05) is 4.68 Å². The molecule has 0 aliphatic heterocycles. The van der Waals surface area contributed by atoms with Gasteiger partial charge in [-0.3, -0.25) is 0 Å². The largest absolute Gasteiger partial charge is 0.366 e. The molecule has 3 heteroatoms. The molecular formula is C7H13N2O+. The van der Waals surface area contributed by atoms with Crippen LogP contribution in [0.2, 0.25) is 0 Å². The van der Waals surface area contributed by atoms with Gasteiger partial charge in [0.05, 0.1) is 0 Å². The molecule has 0 aliphatic carbocycles. The standard InChI is InChI=1S/C7H13N2O/c1-7(2)10-9-6-4-5-8(9)3/h4-7H,1-3H3/q+1. The van der Waals surface area contributed by atoms with Gasteiger partial charge >= 0.3 is 0 Å². The van der Waals surface area contributed by atoms with Crippen LogP contribution < -0.4 is 9.52 Å². The van der Waals surface area contributed by atoms with Crippen molar-refractivity contribution in [2.45, 2.75) is 20.0 Å². The van der Waals surface area contributed by atoms with Crippen LogP contribution in [0.5, 0.6) is 0 Å². The van der Waals surface area contributed by atoms with Gasteiger partial charge < -0.3 is 4.84 Å². The third kappa shape index (κ3) is 1.50. The summed E-state index contributed by atoms with van der Waals surface area (Å²) in [4.78, 5) is 7.06. The van der Waals surface area contributed by atoms with E-state index in [-0.39, 0.29) is 6.10 Å². The molecule has 0 fully saturated rings. The van der Waals surface area contributed by atoms with E-state index in [4.69, 9.17) is 4.84 Å². The lowest BCUT2D eigenvalue weighted by Crippen LogP contribution is -2.43. The summed E-state index contributed by atoms with van der Waals surface area (Å²) < 4.78 is 1.88. The van der Waals surface area contributed by atoms with Gasteiger partial charge in [0.15, 0.2) is 13.2 Å². The summed E-state index contributed by atoms with van der Waals surface area (Å²) in [5.74, 6) is 0. The molecule has 3 nitrogen and oxygen atoms in total. The maximum absolute atomic E-state index is 5.36. The first kappa shape index (κ1) is 7.12. The summed E-state index contributed by atoms with van der Waals surface area (Å²) in [6, 6.07) is 1.93. The van der Waals surface area contributed by atoms with Crippen LogP contribution in [0, 0.1) is 0 Å². The molecular weight excluding hydrogens is 128 g/mol. The Morgan fingerprint density at radius 1 is 1.50 bits per heavy atom. The number of hydrogen-bond donors (Lipinski definition) is 0. The molecule has 0 saturated carbocycles. The normalized spacial score (nSPS) is 10.4. The fourth-order valence-electron chi connectivity index (χ4n) is 0.733. The third-order valence-corrected chi connectivity index (χ3v) is 1.15. The molecule has 1 rings (SSSR count). The van der Waals surface area contributed by atoms with E-state index in [0.717, 1.165) is 0 Å². The molecule has 56 valence electrons. The minimum absolute atomic E-state index is 0.221. The van der Waals surface area contributed by atoms with Crippen LogP contribution in [0.25, 0.3) is 0 Å². The van der Waals surface area contributed by atoms with Crippen molar-refractivity contribution >= 4 is 0 Å². The number of hydrogen-bond acceptors (Lipinski definition) is 1. The van der Waals surface area contributed by atoms with Crippen molar-refractivity contribution in [2.24, 2.45) is 7.05 Å². The molecule has 0 atom stereocenters. The van der Waals surface area contributed by atoms with E-state index in [9.17, 15) is 0 Å². The van der Waals surface area contributed by atoms with Crippen LogP contribution in [-0.2, 0) is 7.05 Å². The van der Waals surface area contributed by atoms with Crippen LogP contribution in [0.4, 0.5) is 0 Å². The first-order valence-electron chi connectivity index (χ1n) is 3.40. The quantitative estimate of drug-likeness (QED) is 0.536. The molecule has 0 aromatic carbocycles. The van der Waals surface area contributed by atoms with Gasteiger partial charge in [-0.2, -0.15) is 0 Å². The second kappa shape index (κ2) is 2.73. The molecule has 10 heavy (non-hydrogen) atoms. The predicted molar refractivity (Wildman–Crippen MR) is 37.3 cm³/mol. The number of aromatic nitrogens is 2. The zero-order valence-corrected chi connectivity index (χ0v) is 6.61. The summed E-state index contributed by atoms with van der Waals surface area (Å²) >= 11 is 0. The predicted octanol–water partition coefficient (Wildman–Crippen LogP) is 0.150. The van der Waals surface area contributed by atoms with E-state index in [2.05, 4.69) is 0 Å². The van der Waals surface area contributed by atoms with Gasteiger partial charge in [0.1, 0.15) is 12.3 Å². The molecule has 0 amide bonds. The zero-order chi connectivity index (χ0) is 7.56. The fraction of sp³-hybridized carbons (Fsp3) is 0.571. The van der Waals surface area contributed by atoms with E-state index < -0.39 is 0 Å². The Morgan fingerprint density at radius 3 is 2.60 bits per heavy atom. The number of aryl methyl sites for hydroxylation is 1. The minimum atomic E-state index is 0.221. The molecule has 0 spiro atoms. The van der Waals surface area contributed by atoms with Crippen molar-refractivity contribution in [3.05, 3.63) is 18.5 Å². The zero-order valence-electron chi connectivity index (χ0n) is 6.61. The molecule has 0 saturated heterocycles. The van der Waals surface area contributed by atoms with Crippen molar-refractivity contribution in [2.75, 3.05) is 0 Å². The topological polar surface area (TPSA) is 18.0 Å². The summed E-state index contributed by atoms with van der Waals surface area (Å²) in [5.41, 5.74) is 0. The van der Waals surface area contributed by atoms with Gasteiger partial charge in [0.2, 0.25) is 0 Å². The lowest BCUT2D eigenvalue weighted by atomic mass is 10.5. The Hall–Kier alpha value is -0.990. The highest BCUT2D eigenvalue weighted by Gasteiger charge is 2.02. The lowest BCUT2D eigenvalue weighted by Gasteiger charge is -2.05. The highest BCUT2D eigenvalue weighted by Crippen LogP contribution is 1.82. The monoisotopic (exact) mass is 141 g/mol. The second-order valence-electron chi connectivity index (χ2n) is 2.52. The van der Waals surface area contributed by atoms with Crippen molar-refractivity contribution in [1.29, 1.82) is 0 Å². The Kier molecular flexibility index (Phi) is 1.94. The lowest BCUT2D eigenvalue weighted by molar-refractivity contribution is -0.779. The van der Waals surface area contributed by atoms with Crippen LogP contribution in [-0.4, -0.2) is 10.9 Å². The van der Waals surface area contributed by atoms with Gasteiger partial charge in [-0.05, 0) is 13.8 Å². The molecule has 0 aliphatic rings. The van der Waals surface area contributed by atoms with Crippen LogP contribution in [0.15, 0.2) is 18.5 Å². The smallest absolute Gasteiger partial charge is 0.198 e. The Morgan fingerprint density at radius 2 is 2.20 bits per heavy atom. The highest BCUT2D eigenvalue weighted by molar-refractivity contribution is 4.68. The van der Waals surface area contributed by atoms with E-state index in [1.165, 1.54) is 0 Å². The minimum Gasteiger partial charge on any atom is -0.366 e. The van der Waals surface area contributed by atoms with Gasteiger partial charge in [-0.25, -0.2) is 0 Å².